The van der Waals surface area contributed by atoms with Crippen LogP contribution < -0.4 is 23.5 Å². The van der Waals surface area contributed by atoms with Gasteiger partial charge in [-0.1, -0.05) is 54.6 Å². The summed E-state index contributed by atoms with van der Waals surface area (Å²) in [5.41, 5.74) is 3.29. The molecular weight excluding hydrogens is 462 g/mol. The van der Waals surface area contributed by atoms with Gasteiger partial charge < -0.3 is 18.9 Å². The molecule has 0 fully saturated rings. The number of hydrogen-bond acceptors (Lipinski definition) is 4. The molecule has 0 saturated heterocycles. The number of ether oxygens (including phenoxy) is 4. The zero-order chi connectivity index (χ0) is 25.6. The zero-order valence-corrected chi connectivity index (χ0v) is 21.3. The Morgan fingerprint density at radius 1 is 0.676 bits per heavy atom. The molecule has 5 aromatic rings. The minimum absolute atomic E-state index is 0.450. The van der Waals surface area contributed by atoms with E-state index >= 15 is 0 Å². The molecule has 37 heavy (non-hydrogen) atoms. The van der Waals surface area contributed by atoms with E-state index < -0.39 is 0 Å². The number of para-hydroxylation sites is 1. The highest BCUT2D eigenvalue weighted by molar-refractivity contribution is 5.92. The number of pyridine rings is 1. The predicted octanol–water partition coefficient (Wildman–Crippen LogP) is 6.64. The predicted molar refractivity (Wildman–Crippen MR) is 145 cm³/mol. The van der Waals surface area contributed by atoms with Crippen molar-refractivity contribution in [2.75, 3.05) is 14.2 Å². The van der Waals surface area contributed by atoms with E-state index in [2.05, 4.69) is 48.1 Å². The van der Waals surface area contributed by atoms with Crippen molar-refractivity contribution in [1.82, 2.24) is 0 Å². The van der Waals surface area contributed by atoms with Gasteiger partial charge in [-0.05, 0) is 52.9 Å². The summed E-state index contributed by atoms with van der Waals surface area (Å²) >= 11 is 0. The van der Waals surface area contributed by atoms with Gasteiger partial charge >= 0.3 is 0 Å². The van der Waals surface area contributed by atoms with E-state index in [1.165, 1.54) is 0 Å². The fourth-order valence-electron chi connectivity index (χ4n) is 4.44. The highest BCUT2D eigenvalue weighted by Crippen LogP contribution is 2.39. The van der Waals surface area contributed by atoms with Gasteiger partial charge in [-0.3, -0.25) is 0 Å². The molecule has 0 spiro atoms. The molecule has 0 bridgehead atoms. The second kappa shape index (κ2) is 11.0. The van der Waals surface area contributed by atoms with E-state index in [-0.39, 0.29) is 0 Å². The third-order valence-electron chi connectivity index (χ3n) is 6.36. The van der Waals surface area contributed by atoms with Crippen LogP contribution in [0.1, 0.15) is 16.8 Å². The van der Waals surface area contributed by atoms with Gasteiger partial charge in [0.1, 0.15) is 19.4 Å². The van der Waals surface area contributed by atoms with Crippen molar-refractivity contribution in [3.05, 3.63) is 120 Å². The SMILES string of the molecule is COc1ccc(Cc2c3c(OCc4ccccc4)c(OC)ccc3cc[n+]2C)cc1Oc1ccccc1. The molecule has 0 aliphatic rings. The average molecular weight is 493 g/mol. The van der Waals surface area contributed by atoms with Crippen molar-refractivity contribution < 1.29 is 23.5 Å². The van der Waals surface area contributed by atoms with E-state index in [4.69, 9.17) is 18.9 Å². The molecular formula is C32H30NO4+. The van der Waals surface area contributed by atoms with Crippen LogP contribution in [0.15, 0.2) is 103 Å². The van der Waals surface area contributed by atoms with E-state index in [0.717, 1.165) is 39.1 Å². The quantitative estimate of drug-likeness (QED) is 0.216. The number of hydrogen-bond donors (Lipinski definition) is 0. The van der Waals surface area contributed by atoms with E-state index in [1.54, 1.807) is 14.2 Å². The van der Waals surface area contributed by atoms with Crippen molar-refractivity contribution in [1.29, 1.82) is 0 Å². The fourth-order valence-corrected chi connectivity index (χ4v) is 4.44. The van der Waals surface area contributed by atoms with Crippen molar-refractivity contribution >= 4 is 10.8 Å². The summed E-state index contributed by atoms with van der Waals surface area (Å²) in [5.74, 6) is 3.56. The molecule has 1 aromatic heterocycles. The Bertz CT molecular complexity index is 1500. The molecule has 5 rings (SSSR count). The minimum Gasteiger partial charge on any atom is -0.493 e. The number of aromatic nitrogens is 1. The Balaban J connectivity index is 1.55. The second-order valence-corrected chi connectivity index (χ2v) is 8.79. The Morgan fingerprint density at radius 3 is 2.11 bits per heavy atom. The summed E-state index contributed by atoms with van der Waals surface area (Å²) in [5, 5.41) is 2.12. The molecule has 5 heteroatoms. The maximum atomic E-state index is 6.42. The van der Waals surface area contributed by atoms with Crippen LogP contribution in [-0.2, 0) is 20.1 Å². The van der Waals surface area contributed by atoms with Gasteiger partial charge in [-0.15, -0.1) is 0 Å². The first-order valence-corrected chi connectivity index (χ1v) is 12.2. The summed E-state index contributed by atoms with van der Waals surface area (Å²) in [6.45, 7) is 0.450. The Labute approximate surface area is 217 Å². The topological polar surface area (TPSA) is 40.8 Å². The van der Waals surface area contributed by atoms with Gasteiger partial charge in [-0.25, -0.2) is 4.57 Å². The number of aryl methyl sites for hydroxylation is 1. The summed E-state index contributed by atoms with van der Waals surface area (Å²) in [6, 6.07) is 32.1. The smallest absolute Gasteiger partial charge is 0.197 e. The van der Waals surface area contributed by atoms with Gasteiger partial charge in [0, 0.05) is 6.07 Å². The van der Waals surface area contributed by atoms with Crippen molar-refractivity contribution in [3.63, 3.8) is 0 Å². The Morgan fingerprint density at radius 2 is 1.38 bits per heavy atom. The highest BCUT2D eigenvalue weighted by Gasteiger charge is 2.22. The maximum Gasteiger partial charge on any atom is 0.197 e. The largest absolute Gasteiger partial charge is 0.493 e. The van der Waals surface area contributed by atoms with Gasteiger partial charge in [0.15, 0.2) is 34.9 Å². The van der Waals surface area contributed by atoms with Crippen molar-refractivity contribution in [2.24, 2.45) is 7.05 Å². The van der Waals surface area contributed by atoms with Crippen LogP contribution in [0.3, 0.4) is 0 Å². The number of fused-ring (bicyclic) bond motifs is 1. The minimum atomic E-state index is 0.450. The molecule has 4 aromatic carbocycles. The molecule has 0 amide bonds. The molecule has 0 aliphatic heterocycles. The highest BCUT2D eigenvalue weighted by atomic mass is 16.5. The Kier molecular flexibility index (Phi) is 7.22. The zero-order valence-electron chi connectivity index (χ0n) is 21.3. The van der Waals surface area contributed by atoms with Crippen LogP contribution in [0.4, 0.5) is 0 Å². The lowest BCUT2D eigenvalue weighted by Gasteiger charge is -2.16. The van der Waals surface area contributed by atoms with Gasteiger partial charge in [0.2, 0.25) is 0 Å². The number of methoxy groups -OCH3 is 2. The first-order valence-electron chi connectivity index (χ1n) is 12.2. The van der Waals surface area contributed by atoms with Crippen LogP contribution in [-0.4, -0.2) is 14.2 Å². The lowest BCUT2D eigenvalue weighted by molar-refractivity contribution is -0.677. The number of nitrogens with zero attached hydrogens (tertiary/aromatic N) is 1. The first-order chi connectivity index (χ1) is 18.2. The normalized spacial score (nSPS) is 10.8. The van der Waals surface area contributed by atoms with Gasteiger partial charge in [0.05, 0.1) is 26.0 Å². The Hall–Kier alpha value is -4.51. The summed E-state index contributed by atoms with van der Waals surface area (Å²) in [4.78, 5) is 0. The molecule has 0 N–H and O–H groups in total. The molecule has 5 nitrogen and oxygen atoms in total. The van der Waals surface area contributed by atoms with Crippen LogP contribution >= 0.6 is 0 Å². The van der Waals surface area contributed by atoms with Gasteiger partial charge in [-0.2, -0.15) is 0 Å². The maximum absolute atomic E-state index is 6.42. The van der Waals surface area contributed by atoms with E-state index in [9.17, 15) is 0 Å². The van der Waals surface area contributed by atoms with Gasteiger partial charge in [0.25, 0.3) is 0 Å². The van der Waals surface area contributed by atoms with Crippen LogP contribution in [0.25, 0.3) is 10.8 Å². The fraction of sp³-hybridized carbons (Fsp3) is 0.156. The lowest BCUT2D eigenvalue weighted by atomic mass is 10.0. The molecule has 1 heterocycles. The second-order valence-electron chi connectivity index (χ2n) is 8.79. The van der Waals surface area contributed by atoms with E-state index in [0.29, 0.717) is 30.3 Å². The molecule has 0 aliphatic carbocycles. The summed E-state index contributed by atoms with van der Waals surface area (Å²) < 4.78 is 26.0. The standard InChI is InChI=1S/C32H30NO4/c1-33-19-18-25-15-17-29(35-3)32(36-22-23-10-6-4-7-11-23)31(25)27(33)20-24-14-16-28(34-2)30(21-24)37-26-12-8-5-9-13-26/h4-19,21H,20,22H2,1-3H3/q+1. The third kappa shape index (κ3) is 5.36. The first kappa shape index (κ1) is 24.2. The van der Waals surface area contributed by atoms with E-state index in [1.807, 2.05) is 66.7 Å². The van der Waals surface area contributed by atoms with Crippen molar-refractivity contribution in [2.45, 2.75) is 13.0 Å². The average Bonchev–Trinajstić information content (AvgIpc) is 2.94. The molecule has 0 atom stereocenters. The van der Waals surface area contributed by atoms with Crippen molar-refractivity contribution in [3.8, 4) is 28.7 Å². The molecule has 186 valence electrons. The molecule has 0 radical (unpaired) electrons. The number of benzene rings is 4. The number of rotatable bonds is 9. The summed E-state index contributed by atoms with van der Waals surface area (Å²) in [7, 11) is 5.39. The van der Waals surface area contributed by atoms with Crippen LogP contribution in [0.5, 0.6) is 28.7 Å². The summed E-state index contributed by atoms with van der Waals surface area (Å²) in [6.07, 6.45) is 2.74. The van der Waals surface area contributed by atoms with Crippen LogP contribution in [0, 0.1) is 0 Å². The molecule has 0 unspecified atom stereocenters. The monoisotopic (exact) mass is 492 g/mol. The molecule has 0 saturated carbocycles. The third-order valence-corrected chi connectivity index (χ3v) is 6.36. The lowest BCUT2D eigenvalue weighted by Crippen LogP contribution is -2.33. The van der Waals surface area contributed by atoms with Crippen LogP contribution in [0.2, 0.25) is 0 Å².